The summed E-state index contributed by atoms with van der Waals surface area (Å²) in [7, 11) is 0. The quantitative estimate of drug-likeness (QED) is 0.345. The topological polar surface area (TPSA) is 29.9 Å². The molecule has 0 saturated carbocycles. The molecule has 0 radical (unpaired) electrons. The predicted molar refractivity (Wildman–Crippen MR) is 125 cm³/mol. The summed E-state index contributed by atoms with van der Waals surface area (Å²) >= 11 is 6.12. The van der Waals surface area contributed by atoms with Gasteiger partial charge in [0.2, 0.25) is 5.95 Å². The number of fused-ring (bicyclic) bond motifs is 4. The Hall–Kier alpha value is -3.56. The van der Waals surface area contributed by atoms with Gasteiger partial charge in [-0.15, -0.1) is 0 Å². The molecule has 1 atom stereocenters. The maximum absolute atomic E-state index is 6.12. The molecule has 0 fully saturated rings. The van der Waals surface area contributed by atoms with Gasteiger partial charge in [-0.05, 0) is 52.2 Å². The molecule has 3 nitrogen and oxygen atoms in total. The zero-order valence-corrected chi connectivity index (χ0v) is 16.8. The summed E-state index contributed by atoms with van der Waals surface area (Å²) in [5.74, 6) is 0.849. The zero-order valence-electron chi connectivity index (χ0n) is 16.1. The number of aromatic nitrogens is 2. The van der Waals surface area contributed by atoms with E-state index in [1.54, 1.807) is 0 Å². The fourth-order valence-electron chi connectivity index (χ4n) is 4.34. The Morgan fingerprint density at radius 3 is 2.47 bits per heavy atom. The Kier molecular flexibility index (Phi) is 3.90. The SMILES string of the molecule is Clc1ccc(C2=C[C@H](c3cccc4ccccc34)n3c(nc4ccccc43)N2)cc1. The third-order valence-electron chi connectivity index (χ3n) is 5.74. The second kappa shape index (κ2) is 6.75. The van der Waals surface area contributed by atoms with Crippen molar-refractivity contribution in [2.75, 3.05) is 5.32 Å². The van der Waals surface area contributed by atoms with Crippen LogP contribution >= 0.6 is 11.6 Å². The Morgan fingerprint density at radius 2 is 1.57 bits per heavy atom. The smallest absolute Gasteiger partial charge is 0.209 e. The van der Waals surface area contributed by atoms with Gasteiger partial charge in [-0.3, -0.25) is 4.57 Å². The minimum absolute atomic E-state index is 0.0189. The van der Waals surface area contributed by atoms with Crippen LogP contribution in [-0.2, 0) is 0 Å². The molecule has 1 aromatic heterocycles. The van der Waals surface area contributed by atoms with Gasteiger partial charge in [-0.25, -0.2) is 4.98 Å². The monoisotopic (exact) mass is 407 g/mol. The highest BCUT2D eigenvalue weighted by atomic mass is 35.5. The van der Waals surface area contributed by atoms with Gasteiger partial charge in [0.05, 0.1) is 17.1 Å². The summed E-state index contributed by atoms with van der Waals surface area (Å²) in [4.78, 5) is 4.89. The molecule has 144 valence electrons. The molecule has 2 heterocycles. The van der Waals surface area contributed by atoms with Crippen LogP contribution in [0.4, 0.5) is 5.95 Å². The molecular weight excluding hydrogens is 390 g/mol. The molecule has 0 spiro atoms. The van der Waals surface area contributed by atoms with Crippen LogP contribution in [0.25, 0.3) is 27.5 Å². The van der Waals surface area contributed by atoms with Crippen LogP contribution in [0.1, 0.15) is 17.2 Å². The first kappa shape index (κ1) is 17.3. The highest BCUT2D eigenvalue weighted by Crippen LogP contribution is 2.39. The summed E-state index contributed by atoms with van der Waals surface area (Å²) < 4.78 is 2.29. The summed E-state index contributed by atoms with van der Waals surface area (Å²) in [6.07, 6.45) is 2.28. The number of hydrogen-bond donors (Lipinski definition) is 1. The lowest BCUT2D eigenvalue weighted by molar-refractivity contribution is 0.726. The maximum atomic E-state index is 6.12. The first-order chi connectivity index (χ1) is 14.8. The van der Waals surface area contributed by atoms with Crippen molar-refractivity contribution in [1.29, 1.82) is 0 Å². The van der Waals surface area contributed by atoms with Crippen LogP contribution in [0, 0.1) is 0 Å². The van der Waals surface area contributed by atoms with E-state index < -0.39 is 0 Å². The molecule has 1 aliphatic rings. The number of hydrogen-bond acceptors (Lipinski definition) is 2. The van der Waals surface area contributed by atoms with Gasteiger partial charge in [0, 0.05) is 10.7 Å². The van der Waals surface area contributed by atoms with Gasteiger partial charge in [0.25, 0.3) is 0 Å². The molecule has 1 aliphatic heterocycles. The number of nitrogens with zero attached hydrogens (tertiary/aromatic N) is 2. The molecule has 30 heavy (non-hydrogen) atoms. The van der Waals surface area contributed by atoms with Crippen LogP contribution in [-0.4, -0.2) is 9.55 Å². The highest BCUT2D eigenvalue weighted by Gasteiger charge is 2.26. The van der Waals surface area contributed by atoms with Gasteiger partial charge in [-0.2, -0.15) is 0 Å². The van der Waals surface area contributed by atoms with Crippen molar-refractivity contribution in [3.05, 3.63) is 113 Å². The third kappa shape index (κ3) is 2.71. The van der Waals surface area contributed by atoms with E-state index in [1.165, 1.54) is 16.3 Å². The Bertz CT molecular complexity index is 1420. The van der Waals surface area contributed by atoms with Crippen LogP contribution in [0.2, 0.25) is 5.02 Å². The standard InChI is InChI=1S/C26H18ClN3/c27-19-14-12-18(13-15-19)23-16-25(21-9-5-7-17-6-1-2-8-20(17)21)30-24-11-4-3-10-22(24)28-26(30)29-23/h1-16,25H,(H,28,29)/t25-/m1/s1. The number of para-hydroxylation sites is 2. The second-order valence-corrected chi connectivity index (χ2v) is 7.96. The van der Waals surface area contributed by atoms with E-state index >= 15 is 0 Å². The highest BCUT2D eigenvalue weighted by molar-refractivity contribution is 6.30. The lowest BCUT2D eigenvalue weighted by Crippen LogP contribution is -2.19. The second-order valence-electron chi connectivity index (χ2n) is 7.52. The van der Waals surface area contributed by atoms with Gasteiger partial charge in [0.15, 0.2) is 0 Å². The number of imidazole rings is 1. The van der Waals surface area contributed by atoms with E-state index in [0.717, 1.165) is 33.3 Å². The number of allylic oxidation sites excluding steroid dienone is 1. The molecule has 0 aliphatic carbocycles. The molecule has 1 N–H and O–H groups in total. The van der Waals surface area contributed by atoms with Gasteiger partial charge >= 0.3 is 0 Å². The number of anilines is 1. The fourth-order valence-corrected chi connectivity index (χ4v) is 4.47. The van der Waals surface area contributed by atoms with Crippen molar-refractivity contribution in [1.82, 2.24) is 9.55 Å². The first-order valence-electron chi connectivity index (χ1n) is 9.97. The normalized spacial score (nSPS) is 15.6. The van der Waals surface area contributed by atoms with Gasteiger partial charge in [-0.1, -0.05) is 78.3 Å². The molecule has 4 aromatic carbocycles. The molecule has 4 heteroatoms. The van der Waals surface area contributed by atoms with Crippen molar-refractivity contribution in [3.63, 3.8) is 0 Å². The minimum atomic E-state index is 0.0189. The lowest BCUT2D eigenvalue weighted by Gasteiger charge is -2.27. The van der Waals surface area contributed by atoms with E-state index in [0.29, 0.717) is 0 Å². The molecule has 0 amide bonds. The van der Waals surface area contributed by atoms with Crippen molar-refractivity contribution in [3.8, 4) is 0 Å². The van der Waals surface area contributed by atoms with E-state index in [1.807, 2.05) is 30.3 Å². The molecule has 6 rings (SSSR count). The summed E-state index contributed by atoms with van der Waals surface area (Å²) in [6.45, 7) is 0. The molecule has 5 aromatic rings. The van der Waals surface area contributed by atoms with E-state index in [-0.39, 0.29) is 6.04 Å². The average Bonchev–Trinajstić information content (AvgIpc) is 3.17. The largest absolute Gasteiger partial charge is 0.325 e. The van der Waals surface area contributed by atoms with Crippen LogP contribution < -0.4 is 5.32 Å². The maximum Gasteiger partial charge on any atom is 0.209 e. The van der Waals surface area contributed by atoms with Gasteiger partial charge in [0.1, 0.15) is 0 Å². The van der Waals surface area contributed by atoms with E-state index in [9.17, 15) is 0 Å². The third-order valence-corrected chi connectivity index (χ3v) is 5.99. The van der Waals surface area contributed by atoms with E-state index in [4.69, 9.17) is 16.6 Å². The Labute approximate surface area is 179 Å². The number of benzene rings is 4. The zero-order chi connectivity index (χ0) is 20.1. The number of halogens is 1. The van der Waals surface area contributed by atoms with Crippen LogP contribution in [0.15, 0.2) is 97.1 Å². The van der Waals surface area contributed by atoms with Crippen molar-refractivity contribution < 1.29 is 0 Å². The van der Waals surface area contributed by atoms with Gasteiger partial charge < -0.3 is 5.32 Å². The predicted octanol–water partition coefficient (Wildman–Crippen LogP) is 6.90. The molecule has 0 saturated heterocycles. The molecule has 0 bridgehead atoms. The number of nitrogens with one attached hydrogen (secondary N) is 1. The van der Waals surface area contributed by atoms with Crippen molar-refractivity contribution in [2.45, 2.75) is 6.04 Å². The minimum Gasteiger partial charge on any atom is -0.325 e. The summed E-state index contributed by atoms with van der Waals surface area (Å²) in [6, 6.07) is 31.3. The molecular formula is C26H18ClN3. The van der Waals surface area contributed by atoms with E-state index in [2.05, 4.69) is 76.6 Å². The first-order valence-corrected chi connectivity index (χ1v) is 10.4. The molecule has 0 unspecified atom stereocenters. The summed E-state index contributed by atoms with van der Waals surface area (Å²) in [5, 5.41) is 6.76. The van der Waals surface area contributed by atoms with Crippen LogP contribution in [0.3, 0.4) is 0 Å². The average molecular weight is 408 g/mol. The number of rotatable bonds is 2. The summed E-state index contributed by atoms with van der Waals surface area (Å²) in [5.41, 5.74) is 5.47. The van der Waals surface area contributed by atoms with Crippen molar-refractivity contribution >= 4 is 45.1 Å². The van der Waals surface area contributed by atoms with Crippen molar-refractivity contribution in [2.24, 2.45) is 0 Å². The lowest BCUT2D eigenvalue weighted by atomic mass is 9.96. The van der Waals surface area contributed by atoms with Crippen LogP contribution in [0.5, 0.6) is 0 Å². The Morgan fingerprint density at radius 1 is 0.800 bits per heavy atom. The fraction of sp³-hybridized carbons (Fsp3) is 0.0385. The Balaban J connectivity index is 1.63.